The fraction of sp³-hybridized carbons (Fsp3) is 0.250. The number of aryl methyl sites for hydroxylation is 1. The summed E-state index contributed by atoms with van der Waals surface area (Å²) in [5.74, 6) is 0.534. The molecule has 2 heteroatoms. The first-order valence-electron chi connectivity index (χ1n) is 6.15. The van der Waals surface area contributed by atoms with Gasteiger partial charge in [0.05, 0.1) is 5.69 Å². The second-order valence-electron chi connectivity index (χ2n) is 4.77. The van der Waals surface area contributed by atoms with Gasteiger partial charge in [-0.1, -0.05) is 38.1 Å². The first-order chi connectivity index (χ1) is 8.61. The molecule has 0 spiro atoms. The third-order valence-electron chi connectivity index (χ3n) is 3.13. The van der Waals surface area contributed by atoms with Crippen molar-refractivity contribution in [3.63, 3.8) is 0 Å². The van der Waals surface area contributed by atoms with Gasteiger partial charge in [-0.05, 0) is 30.5 Å². The van der Waals surface area contributed by atoms with Crippen molar-refractivity contribution < 1.29 is 4.79 Å². The van der Waals surface area contributed by atoms with Crippen molar-refractivity contribution in [2.75, 3.05) is 0 Å². The molecule has 0 unspecified atom stereocenters. The van der Waals surface area contributed by atoms with Crippen LogP contribution in [0, 0.1) is 6.92 Å². The minimum atomic E-state index is 0.534. The molecule has 1 aromatic heterocycles. The molecule has 92 valence electrons. The lowest BCUT2D eigenvalue weighted by molar-refractivity contribution is 0.112. The average molecular weight is 239 g/mol. The van der Waals surface area contributed by atoms with Crippen LogP contribution in [0.25, 0.3) is 11.3 Å². The van der Waals surface area contributed by atoms with Crippen LogP contribution in [0.4, 0.5) is 0 Å². The Kier molecular flexibility index (Phi) is 3.56. The van der Waals surface area contributed by atoms with Crippen LogP contribution in [-0.2, 0) is 0 Å². The molecule has 0 aliphatic heterocycles. The number of hydrogen-bond donors (Lipinski definition) is 0. The van der Waals surface area contributed by atoms with Crippen molar-refractivity contribution in [3.05, 3.63) is 53.2 Å². The SMILES string of the molecule is Cc1nc(-c2ccc(C(C)C)cc2)ccc1C=O. The van der Waals surface area contributed by atoms with Crippen molar-refractivity contribution in [1.29, 1.82) is 0 Å². The number of aldehydes is 1. The summed E-state index contributed by atoms with van der Waals surface area (Å²) >= 11 is 0. The van der Waals surface area contributed by atoms with E-state index in [1.807, 2.05) is 19.1 Å². The van der Waals surface area contributed by atoms with Gasteiger partial charge in [-0.3, -0.25) is 9.78 Å². The van der Waals surface area contributed by atoms with E-state index in [9.17, 15) is 4.79 Å². The van der Waals surface area contributed by atoms with Crippen LogP contribution in [0.5, 0.6) is 0 Å². The summed E-state index contributed by atoms with van der Waals surface area (Å²) in [4.78, 5) is 15.2. The fourth-order valence-electron chi connectivity index (χ4n) is 1.90. The normalized spacial score (nSPS) is 10.7. The zero-order valence-electron chi connectivity index (χ0n) is 11.0. The fourth-order valence-corrected chi connectivity index (χ4v) is 1.90. The minimum absolute atomic E-state index is 0.534. The second kappa shape index (κ2) is 5.13. The smallest absolute Gasteiger partial charge is 0.151 e. The van der Waals surface area contributed by atoms with E-state index in [1.165, 1.54) is 5.56 Å². The molecule has 1 heterocycles. The Morgan fingerprint density at radius 1 is 1.06 bits per heavy atom. The number of nitrogens with zero attached hydrogens (tertiary/aromatic N) is 1. The van der Waals surface area contributed by atoms with Crippen molar-refractivity contribution in [1.82, 2.24) is 4.98 Å². The number of pyridine rings is 1. The highest BCUT2D eigenvalue weighted by Crippen LogP contribution is 2.22. The van der Waals surface area contributed by atoms with Gasteiger partial charge >= 0.3 is 0 Å². The Morgan fingerprint density at radius 3 is 2.22 bits per heavy atom. The molecule has 0 bridgehead atoms. The van der Waals surface area contributed by atoms with Gasteiger partial charge in [-0.2, -0.15) is 0 Å². The van der Waals surface area contributed by atoms with E-state index in [0.717, 1.165) is 23.2 Å². The van der Waals surface area contributed by atoms with E-state index in [1.54, 1.807) is 0 Å². The minimum Gasteiger partial charge on any atom is -0.298 e. The van der Waals surface area contributed by atoms with Crippen LogP contribution in [-0.4, -0.2) is 11.3 Å². The number of carbonyl (C=O) groups is 1. The first-order valence-corrected chi connectivity index (χ1v) is 6.15. The predicted molar refractivity (Wildman–Crippen MR) is 73.9 cm³/mol. The van der Waals surface area contributed by atoms with Gasteiger partial charge in [-0.15, -0.1) is 0 Å². The molecule has 0 radical (unpaired) electrons. The molecule has 18 heavy (non-hydrogen) atoms. The molecule has 0 amide bonds. The third-order valence-corrected chi connectivity index (χ3v) is 3.13. The Bertz CT molecular complexity index is 556. The van der Waals surface area contributed by atoms with Crippen molar-refractivity contribution in [2.24, 2.45) is 0 Å². The Hall–Kier alpha value is -1.96. The summed E-state index contributed by atoms with van der Waals surface area (Å²) in [5.41, 5.74) is 4.74. The van der Waals surface area contributed by atoms with Gasteiger partial charge in [0, 0.05) is 16.8 Å². The Balaban J connectivity index is 2.36. The quantitative estimate of drug-likeness (QED) is 0.758. The highest BCUT2D eigenvalue weighted by atomic mass is 16.1. The van der Waals surface area contributed by atoms with E-state index in [4.69, 9.17) is 0 Å². The molecule has 2 rings (SSSR count). The maximum atomic E-state index is 10.8. The summed E-state index contributed by atoms with van der Waals surface area (Å²) in [5, 5.41) is 0. The molecule has 2 aromatic rings. The number of hydrogen-bond acceptors (Lipinski definition) is 2. The Labute approximate surface area is 108 Å². The predicted octanol–water partition coefficient (Wildman–Crippen LogP) is 3.99. The van der Waals surface area contributed by atoms with Gasteiger partial charge in [0.2, 0.25) is 0 Å². The molecule has 0 N–H and O–H groups in total. The van der Waals surface area contributed by atoms with E-state index >= 15 is 0 Å². The van der Waals surface area contributed by atoms with Crippen molar-refractivity contribution in [2.45, 2.75) is 26.7 Å². The van der Waals surface area contributed by atoms with Crippen molar-refractivity contribution >= 4 is 6.29 Å². The molecule has 0 fully saturated rings. The lowest BCUT2D eigenvalue weighted by Crippen LogP contribution is -1.93. The van der Waals surface area contributed by atoms with Crippen LogP contribution in [0.2, 0.25) is 0 Å². The highest BCUT2D eigenvalue weighted by molar-refractivity contribution is 5.77. The largest absolute Gasteiger partial charge is 0.298 e. The maximum absolute atomic E-state index is 10.8. The van der Waals surface area contributed by atoms with Gasteiger partial charge in [0.15, 0.2) is 6.29 Å². The Morgan fingerprint density at radius 2 is 1.72 bits per heavy atom. The summed E-state index contributed by atoms with van der Waals surface area (Å²) in [6.45, 7) is 6.21. The maximum Gasteiger partial charge on any atom is 0.151 e. The molecule has 0 saturated carbocycles. The number of rotatable bonds is 3. The van der Waals surface area contributed by atoms with Gasteiger partial charge < -0.3 is 0 Å². The van der Waals surface area contributed by atoms with Crippen LogP contribution in [0.1, 0.15) is 41.4 Å². The van der Waals surface area contributed by atoms with E-state index < -0.39 is 0 Å². The van der Waals surface area contributed by atoms with E-state index in [2.05, 4.69) is 43.1 Å². The van der Waals surface area contributed by atoms with Gasteiger partial charge in [0.25, 0.3) is 0 Å². The standard InChI is InChI=1S/C16H17NO/c1-11(2)13-4-6-14(7-5-13)16-9-8-15(10-18)12(3)17-16/h4-11H,1-3H3. The molecule has 0 aliphatic carbocycles. The molecule has 0 atom stereocenters. The summed E-state index contributed by atoms with van der Waals surface area (Å²) in [6, 6.07) is 12.1. The summed E-state index contributed by atoms with van der Waals surface area (Å²) in [7, 11) is 0. The lowest BCUT2D eigenvalue weighted by atomic mass is 10.0. The summed E-state index contributed by atoms with van der Waals surface area (Å²) in [6.07, 6.45) is 0.841. The van der Waals surface area contributed by atoms with Gasteiger partial charge in [-0.25, -0.2) is 0 Å². The number of carbonyl (C=O) groups excluding carboxylic acids is 1. The monoisotopic (exact) mass is 239 g/mol. The van der Waals surface area contributed by atoms with Crippen LogP contribution in [0.15, 0.2) is 36.4 Å². The molecular weight excluding hydrogens is 222 g/mol. The zero-order valence-corrected chi connectivity index (χ0v) is 11.0. The van der Waals surface area contributed by atoms with Crippen molar-refractivity contribution in [3.8, 4) is 11.3 Å². The third kappa shape index (κ3) is 2.48. The molecule has 0 saturated heterocycles. The van der Waals surface area contributed by atoms with Crippen LogP contribution < -0.4 is 0 Å². The molecule has 0 aliphatic rings. The first kappa shape index (κ1) is 12.5. The topological polar surface area (TPSA) is 30.0 Å². The zero-order chi connectivity index (χ0) is 13.1. The lowest BCUT2D eigenvalue weighted by Gasteiger charge is -2.07. The van der Waals surface area contributed by atoms with Gasteiger partial charge in [0.1, 0.15) is 0 Å². The molecule has 1 aromatic carbocycles. The summed E-state index contributed by atoms with van der Waals surface area (Å²) < 4.78 is 0. The van der Waals surface area contributed by atoms with E-state index in [-0.39, 0.29) is 0 Å². The molecular formula is C16H17NO. The van der Waals surface area contributed by atoms with Crippen LogP contribution in [0.3, 0.4) is 0 Å². The number of benzene rings is 1. The highest BCUT2D eigenvalue weighted by Gasteiger charge is 2.04. The van der Waals surface area contributed by atoms with Crippen LogP contribution >= 0.6 is 0 Å². The second-order valence-corrected chi connectivity index (χ2v) is 4.77. The number of aromatic nitrogens is 1. The average Bonchev–Trinajstić information content (AvgIpc) is 2.38. The van der Waals surface area contributed by atoms with E-state index in [0.29, 0.717) is 11.5 Å². The molecule has 2 nitrogen and oxygen atoms in total.